The van der Waals surface area contributed by atoms with E-state index in [9.17, 15) is 5.11 Å². The van der Waals surface area contributed by atoms with E-state index in [2.05, 4.69) is 50.8 Å². The maximum Gasteiger partial charge on any atom is 0.184 e. The summed E-state index contributed by atoms with van der Waals surface area (Å²) in [6.45, 7) is 15.0. The van der Waals surface area contributed by atoms with Gasteiger partial charge in [-0.25, -0.2) is 0 Å². The number of methoxy groups -OCH3 is 1. The third-order valence-corrected chi connectivity index (χ3v) is 4.23. The molecule has 3 heteroatoms. The van der Waals surface area contributed by atoms with Crippen molar-refractivity contribution in [2.24, 2.45) is 5.92 Å². The molecule has 2 unspecified atom stereocenters. The Hall–Kier alpha value is -1.45. The van der Waals surface area contributed by atoms with Crippen LogP contribution in [0.4, 0.5) is 0 Å². The van der Waals surface area contributed by atoms with Gasteiger partial charge in [-0.3, -0.25) is 0 Å². The topological polar surface area (TPSA) is 33.3 Å². The van der Waals surface area contributed by atoms with Gasteiger partial charge in [-0.15, -0.1) is 0 Å². The van der Waals surface area contributed by atoms with Crippen molar-refractivity contribution in [2.45, 2.75) is 33.2 Å². The molecule has 21 heavy (non-hydrogen) atoms. The summed E-state index contributed by atoms with van der Waals surface area (Å²) in [5.41, 5.74) is 4.36. The fourth-order valence-electron chi connectivity index (χ4n) is 2.75. The van der Waals surface area contributed by atoms with E-state index in [0.29, 0.717) is 12.5 Å². The van der Waals surface area contributed by atoms with Crippen LogP contribution in [0.2, 0.25) is 0 Å². The molecule has 3 nitrogen and oxygen atoms in total. The lowest BCUT2D eigenvalue weighted by atomic mass is 9.91. The first kappa shape index (κ1) is 17.6. The second-order valence-corrected chi connectivity index (χ2v) is 5.61. The Labute approximate surface area is 128 Å². The first-order chi connectivity index (χ1) is 9.97. The number of hydrogen-bond acceptors (Lipinski definition) is 2. The van der Waals surface area contributed by atoms with Crippen molar-refractivity contribution in [3.8, 4) is 0 Å². The third-order valence-electron chi connectivity index (χ3n) is 4.23. The van der Waals surface area contributed by atoms with Crippen LogP contribution in [0.1, 0.15) is 36.2 Å². The Kier molecular flexibility index (Phi) is 6.79. The summed E-state index contributed by atoms with van der Waals surface area (Å²) in [5, 5.41) is 9.54. The highest BCUT2D eigenvalue weighted by Crippen LogP contribution is 2.24. The van der Waals surface area contributed by atoms with Crippen molar-refractivity contribution in [1.82, 2.24) is 0 Å². The highest BCUT2D eigenvalue weighted by atomic mass is 16.5. The highest BCUT2D eigenvalue weighted by Gasteiger charge is 2.30. The molecule has 0 aliphatic carbocycles. The first-order valence-electron chi connectivity index (χ1n) is 7.39. The predicted molar refractivity (Wildman–Crippen MR) is 87.1 cm³/mol. The molecule has 1 N–H and O–H groups in total. The van der Waals surface area contributed by atoms with Crippen LogP contribution in [0.3, 0.4) is 0 Å². The van der Waals surface area contributed by atoms with E-state index >= 15 is 0 Å². The van der Waals surface area contributed by atoms with Crippen LogP contribution in [-0.4, -0.2) is 25.4 Å². The van der Waals surface area contributed by atoms with Gasteiger partial charge in [0.05, 0.1) is 6.61 Å². The fourth-order valence-corrected chi connectivity index (χ4v) is 2.75. The zero-order valence-corrected chi connectivity index (χ0v) is 13.7. The summed E-state index contributed by atoms with van der Waals surface area (Å²) in [7, 11) is 1.71. The largest absolute Gasteiger partial charge is 0.392 e. The molecule has 0 saturated carbocycles. The number of rotatable bonds is 8. The summed E-state index contributed by atoms with van der Waals surface area (Å²) in [6, 6.07) is 2.14. The van der Waals surface area contributed by atoms with Crippen LogP contribution >= 0.6 is 0 Å². The van der Waals surface area contributed by atoms with E-state index < -0.39 is 0 Å². The van der Waals surface area contributed by atoms with E-state index in [1.54, 1.807) is 7.11 Å². The van der Waals surface area contributed by atoms with Gasteiger partial charge in [-0.1, -0.05) is 26.2 Å². The van der Waals surface area contributed by atoms with E-state index in [4.69, 9.17) is 4.74 Å². The Morgan fingerprint density at radius 1 is 1.48 bits per heavy atom. The lowest BCUT2D eigenvalue weighted by Crippen LogP contribution is -2.47. The predicted octanol–water partition coefficient (Wildman–Crippen LogP) is 3.00. The first-order valence-corrected chi connectivity index (χ1v) is 7.39. The third kappa shape index (κ3) is 4.02. The van der Waals surface area contributed by atoms with Crippen molar-refractivity contribution in [3.05, 3.63) is 47.8 Å². The van der Waals surface area contributed by atoms with Gasteiger partial charge in [0, 0.05) is 43.8 Å². The highest BCUT2D eigenvalue weighted by molar-refractivity contribution is 5.50. The Balaban J connectivity index is 3.23. The van der Waals surface area contributed by atoms with Crippen molar-refractivity contribution in [2.75, 3.05) is 20.3 Å². The molecule has 0 saturated heterocycles. The molecule has 0 radical (unpaired) electrons. The average molecular weight is 290 g/mol. The SMILES string of the molecule is C=Cc1cc[n+](C(C(=C)CO)C(C)CCOC)c(C)c1C. The molecule has 116 valence electrons. The normalized spacial score (nSPS) is 13.8. The van der Waals surface area contributed by atoms with Crippen LogP contribution < -0.4 is 4.57 Å². The van der Waals surface area contributed by atoms with Gasteiger partial charge in [-0.2, -0.15) is 4.57 Å². The molecule has 1 aromatic rings. The summed E-state index contributed by atoms with van der Waals surface area (Å²) >= 11 is 0. The van der Waals surface area contributed by atoms with Crippen molar-refractivity contribution < 1.29 is 14.4 Å². The standard InChI is InChI=1S/C18H28NO2/c1-7-17-8-10-19(16(5)15(17)4)18(14(3)12-20)13(2)9-11-21-6/h7-8,10,13,18,20H,1,3,9,11-12H2,2,4-6H3/q+1. The van der Waals surface area contributed by atoms with Gasteiger partial charge in [0.25, 0.3) is 0 Å². The van der Waals surface area contributed by atoms with Gasteiger partial charge in [0.15, 0.2) is 17.9 Å². The van der Waals surface area contributed by atoms with Gasteiger partial charge < -0.3 is 9.84 Å². The van der Waals surface area contributed by atoms with Crippen molar-refractivity contribution >= 4 is 6.08 Å². The summed E-state index contributed by atoms with van der Waals surface area (Å²) in [5.74, 6) is 0.335. The van der Waals surface area contributed by atoms with Gasteiger partial charge >= 0.3 is 0 Å². The van der Waals surface area contributed by atoms with Crippen LogP contribution in [0, 0.1) is 19.8 Å². The lowest BCUT2D eigenvalue weighted by molar-refractivity contribution is -0.727. The summed E-state index contributed by atoms with van der Waals surface area (Å²) in [4.78, 5) is 0. The van der Waals surface area contributed by atoms with E-state index in [1.165, 1.54) is 11.3 Å². The number of nitrogens with zero attached hydrogens (tertiary/aromatic N) is 1. The minimum atomic E-state index is -0.00329. The number of aromatic nitrogens is 1. The smallest absolute Gasteiger partial charge is 0.184 e. The number of aliphatic hydroxyl groups excluding tert-OH is 1. The van der Waals surface area contributed by atoms with Gasteiger partial charge in [0.1, 0.15) is 0 Å². The molecule has 0 fully saturated rings. The molecular formula is C18H28NO2+. The monoisotopic (exact) mass is 290 g/mol. The zero-order chi connectivity index (χ0) is 16.0. The van der Waals surface area contributed by atoms with Gasteiger partial charge in [0.2, 0.25) is 0 Å². The quantitative estimate of drug-likeness (QED) is 0.590. The lowest BCUT2D eigenvalue weighted by Gasteiger charge is -2.22. The molecule has 0 aliphatic rings. The van der Waals surface area contributed by atoms with Crippen molar-refractivity contribution in [3.63, 3.8) is 0 Å². The van der Waals surface area contributed by atoms with Crippen molar-refractivity contribution in [1.29, 1.82) is 0 Å². The molecular weight excluding hydrogens is 262 g/mol. The van der Waals surface area contributed by atoms with E-state index in [0.717, 1.165) is 17.6 Å². The Morgan fingerprint density at radius 2 is 2.14 bits per heavy atom. The molecule has 1 rings (SSSR count). The number of hydrogen-bond donors (Lipinski definition) is 1. The Morgan fingerprint density at radius 3 is 2.67 bits per heavy atom. The second-order valence-electron chi connectivity index (χ2n) is 5.61. The zero-order valence-electron chi connectivity index (χ0n) is 13.7. The molecule has 1 aromatic heterocycles. The summed E-state index contributed by atoms with van der Waals surface area (Å²) < 4.78 is 7.40. The van der Waals surface area contributed by atoms with Crippen LogP contribution in [0.5, 0.6) is 0 Å². The molecule has 2 atom stereocenters. The molecule has 0 amide bonds. The maximum absolute atomic E-state index is 9.54. The number of ether oxygens (including phenoxy) is 1. The summed E-state index contributed by atoms with van der Waals surface area (Å²) in [6.07, 6.45) is 4.86. The van der Waals surface area contributed by atoms with Gasteiger partial charge in [-0.05, 0) is 18.9 Å². The minimum Gasteiger partial charge on any atom is -0.392 e. The molecule has 0 spiro atoms. The number of aliphatic hydroxyl groups is 1. The maximum atomic E-state index is 9.54. The minimum absolute atomic E-state index is 0.00329. The second kappa shape index (κ2) is 8.11. The molecule has 1 heterocycles. The Bertz CT molecular complexity index is 508. The molecule has 0 aromatic carbocycles. The number of pyridine rings is 1. The van der Waals surface area contributed by atoms with Crippen LogP contribution in [0.15, 0.2) is 31.0 Å². The van der Waals surface area contributed by atoms with Crippen LogP contribution in [0.25, 0.3) is 6.08 Å². The van der Waals surface area contributed by atoms with E-state index in [-0.39, 0.29) is 12.6 Å². The van der Waals surface area contributed by atoms with Crippen LogP contribution in [-0.2, 0) is 4.74 Å². The molecule has 0 aliphatic heterocycles. The average Bonchev–Trinajstić information content (AvgIpc) is 2.49. The fraction of sp³-hybridized carbons (Fsp3) is 0.500. The van der Waals surface area contributed by atoms with E-state index in [1.807, 2.05) is 6.08 Å². The molecule has 0 bridgehead atoms.